The molecular formula is C27H25Cl2F2N3O4. The number of amides is 2. The van der Waals surface area contributed by atoms with Crippen LogP contribution in [0.2, 0.25) is 10.0 Å². The summed E-state index contributed by atoms with van der Waals surface area (Å²) in [6.07, 6.45) is 5.82. The number of rotatable bonds is 7. The van der Waals surface area contributed by atoms with Crippen LogP contribution in [0.15, 0.2) is 41.3 Å². The molecule has 0 bridgehead atoms. The molecule has 38 heavy (non-hydrogen) atoms. The van der Waals surface area contributed by atoms with E-state index in [1.807, 2.05) is 4.57 Å². The first-order chi connectivity index (χ1) is 18.2. The zero-order valence-corrected chi connectivity index (χ0v) is 21.7. The summed E-state index contributed by atoms with van der Waals surface area (Å²) in [5, 5.41) is 5.84. The Morgan fingerprint density at radius 1 is 0.921 bits per heavy atom. The number of hydrogen-bond acceptors (Lipinski definition) is 4. The molecule has 3 aromatic rings. The molecule has 5 rings (SSSR count). The number of nitrogens with one attached hydrogen (secondary N) is 2. The zero-order valence-electron chi connectivity index (χ0n) is 20.2. The van der Waals surface area contributed by atoms with Gasteiger partial charge in [0.05, 0.1) is 15.6 Å². The van der Waals surface area contributed by atoms with Gasteiger partial charge in [-0.3, -0.25) is 14.4 Å². The Hall–Kier alpha value is -3.17. The van der Waals surface area contributed by atoms with Gasteiger partial charge in [0.15, 0.2) is 6.61 Å². The van der Waals surface area contributed by atoms with Crippen molar-refractivity contribution in [3.05, 3.63) is 74.0 Å². The van der Waals surface area contributed by atoms with Gasteiger partial charge in [0, 0.05) is 35.8 Å². The van der Waals surface area contributed by atoms with E-state index in [1.165, 1.54) is 18.2 Å². The van der Waals surface area contributed by atoms with Gasteiger partial charge in [-0.05, 0) is 62.8 Å². The third-order valence-electron chi connectivity index (χ3n) is 6.95. The third-order valence-corrected chi connectivity index (χ3v) is 7.54. The number of aromatic nitrogens is 1. The number of ether oxygens (including phenoxy) is 1. The van der Waals surface area contributed by atoms with E-state index in [2.05, 4.69) is 10.6 Å². The standard InChI is InChI=1S/C27H25Cl2F2N3O4/c28-20-8-7-17(9-22(20)30)38-13-25(35)32-14-1-3-15(4-2-14)33-27(37)19-12-34(16-5-6-16)24-11-21(29)23(31)10-18(24)26(19)36/h7-12,14-16H,1-6,13H2,(H,32,35)(H,33,37). The number of pyridine rings is 1. The number of carbonyl (C=O) groups is 2. The molecule has 11 heteroatoms. The maximum Gasteiger partial charge on any atom is 0.258 e. The van der Waals surface area contributed by atoms with Gasteiger partial charge in [0.1, 0.15) is 22.9 Å². The SMILES string of the molecule is O=C(COc1ccc(Cl)c(F)c1)NC1CCC(NC(=O)c2cn(C3CC3)c3cc(Cl)c(F)cc3c2=O)CC1. The van der Waals surface area contributed by atoms with Crippen LogP contribution in [-0.4, -0.2) is 35.1 Å². The maximum absolute atomic E-state index is 14.1. The van der Waals surface area contributed by atoms with Crippen LogP contribution in [0.25, 0.3) is 10.9 Å². The molecule has 0 atom stereocenters. The first kappa shape index (κ1) is 26.4. The number of nitrogens with zero attached hydrogens (tertiary/aromatic N) is 1. The van der Waals surface area contributed by atoms with Crippen molar-refractivity contribution in [3.8, 4) is 5.75 Å². The van der Waals surface area contributed by atoms with Crippen molar-refractivity contribution in [2.24, 2.45) is 0 Å². The Kier molecular flexibility index (Phi) is 7.59. The molecule has 2 aliphatic carbocycles. The lowest BCUT2D eigenvalue weighted by Crippen LogP contribution is -2.45. The lowest BCUT2D eigenvalue weighted by atomic mass is 9.91. The Balaban J connectivity index is 1.17. The van der Waals surface area contributed by atoms with Gasteiger partial charge in [-0.25, -0.2) is 8.78 Å². The van der Waals surface area contributed by atoms with Gasteiger partial charge < -0.3 is 19.9 Å². The van der Waals surface area contributed by atoms with Crippen molar-refractivity contribution in [1.82, 2.24) is 15.2 Å². The molecule has 200 valence electrons. The van der Waals surface area contributed by atoms with Gasteiger partial charge in [-0.1, -0.05) is 23.2 Å². The fraction of sp³-hybridized carbons (Fsp3) is 0.370. The summed E-state index contributed by atoms with van der Waals surface area (Å²) in [6, 6.07) is 6.35. The molecule has 0 unspecified atom stereocenters. The van der Waals surface area contributed by atoms with Crippen LogP contribution in [-0.2, 0) is 4.79 Å². The number of hydrogen-bond donors (Lipinski definition) is 2. The lowest BCUT2D eigenvalue weighted by Gasteiger charge is -2.29. The topological polar surface area (TPSA) is 89.4 Å². The average molecular weight is 564 g/mol. The van der Waals surface area contributed by atoms with Gasteiger partial charge in [0.25, 0.3) is 11.8 Å². The van der Waals surface area contributed by atoms with E-state index in [9.17, 15) is 23.2 Å². The molecule has 1 heterocycles. The molecule has 0 spiro atoms. The van der Waals surface area contributed by atoms with Crippen molar-refractivity contribution in [2.75, 3.05) is 6.61 Å². The number of carbonyl (C=O) groups excluding carboxylic acids is 2. The summed E-state index contributed by atoms with van der Waals surface area (Å²) in [5.74, 6) is -1.97. The molecular weight excluding hydrogens is 539 g/mol. The van der Waals surface area contributed by atoms with Crippen molar-refractivity contribution >= 4 is 45.9 Å². The highest BCUT2D eigenvalue weighted by Gasteiger charge is 2.29. The summed E-state index contributed by atoms with van der Waals surface area (Å²) < 4.78 is 34.8. The molecule has 0 aliphatic heterocycles. The predicted octanol–water partition coefficient (Wildman–Crippen LogP) is 5.16. The third kappa shape index (κ3) is 5.78. The monoisotopic (exact) mass is 563 g/mol. The quantitative estimate of drug-likeness (QED) is 0.415. The molecule has 2 aromatic carbocycles. The van der Waals surface area contributed by atoms with Gasteiger partial charge in [-0.15, -0.1) is 0 Å². The highest BCUT2D eigenvalue weighted by molar-refractivity contribution is 6.31. The van der Waals surface area contributed by atoms with Crippen molar-refractivity contribution in [3.63, 3.8) is 0 Å². The van der Waals surface area contributed by atoms with E-state index in [0.29, 0.717) is 31.2 Å². The van der Waals surface area contributed by atoms with Crippen LogP contribution < -0.4 is 20.8 Å². The van der Waals surface area contributed by atoms with Crippen LogP contribution in [0.1, 0.15) is 54.9 Å². The second kappa shape index (κ2) is 10.9. The molecule has 2 fully saturated rings. The zero-order chi connectivity index (χ0) is 27.0. The number of fused-ring (bicyclic) bond motifs is 1. The number of halogens is 4. The molecule has 2 aliphatic rings. The van der Waals surface area contributed by atoms with E-state index in [1.54, 1.807) is 6.20 Å². The van der Waals surface area contributed by atoms with Crippen LogP contribution in [0.5, 0.6) is 5.75 Å². The minimum absolute atomic E-state index is 0.0290. The molecule has 0 radical (unpaired) electrons. The molecule has 7 nitrogen and oxygen atoms in total. The van der Waals surface area contributed by atoms with Crippen molar-refractivity contribution in [1.29, 1.82) is 0 Å². The fourth-order valence-electron chi connectivity index (χ4n) is 4.79. The highest BCUT2D eigenvalue weighted by Crippen LogP contribution is 2.37. The Labute approximate surface area is 227 Å². The number of benzene rings is 2. The lowest BCUT2D eigenvalue weighted by molar-refractivity contribution is -0.124. The summed E-state index contributed by atoms with van der Waals surface area (Å²) in [6.45, 7) is -0.265. The minimum atomic E-state index is -0.706. The van der Waals surface area contributed by atoms with Crippen LogP contribution in [0, 0.1) is 11.6 Å². The predicted molar refractivity (Wildman–Crippen MR) is 140 cm³/mol. The summed E-state index contributed by atoms with van der Waals surface area (Å²) in [4.78, 5) is 38.4. The molecule has 2 saturated carbocycles. The van der Waals surface area contributed by atoms with E-state index in [0.717, 1.165) is 25.0 Å². The highest BCUT2D eigenvalue weighted by atomic mass is 35.5. The van der Waals surface area contributed by atoms with Crippen LogP contribution in [0.4, 0.5) is 8.78 Å². The van der Waals surface area contributed by atoms with Crippen LogP contribution >= 0.6 is 23.2 Å². The van der Waals surface area contributed by atoms with E-state index in [-0.39, 0.29) is 57.4 Å². The van der Waals surface area contributed by atoms with E-state index in [4.69, 9.17) is 27.9 Å². The Bertz CT molecular complexity index is 1470. The van der Waals surface area contributed by atoms with Gasteiger partial charge in [-0.2, -0.15) is 0 Å². The minimum Gasteiger partial charge on any atom is -0.484 e. The van der Waals surface area contributed by atoms with Crippen LogP contribution in [0.3, 0.4) is 0 Å². The maximum atomic E-state index is 14.1. The summed E-state index contributed by atoms with van der Waals surface area (Å²) in [5.41, 5.74) is -0.0503. The van der Waals surface area contributed by atoms with Gasteiger partial charge >= 0.3 is 0 Å². The largest absolute Gasteiger partial charge is 0.484 e. The molecule has 2 amide bonds. The first-order valence-corrected chi connectivity index (χ1v) is 13.2. The van der Waals surface area contributed by atoms with Gasteiger partial charge in [0.2, 0.25) is 5.43 Å². The molecule has 0 saturated heterocycles. The van der Waals surface area contributed by atoms with E-state index < -0.39 is 23.0 Å². The molecule has 1 aromatic heterocycles. The average Bonchev–Trinajstić information content (AvgIpc) is 3.73. The van der Waals surface area contributed by atoms with Crippen molar-refractivity contribution in [2.45, 2.75) is 56.7 Å². The second-order valence-corrected chi connectivity index (χ2v) is 10.6. The summed E-state index contributed by atoms with van der Waals surface area (Å²) in [7, 11) is 0. The first-order valence-electron chi connectivity index (χ1n) is 12.4. The fourth-order valence-corrected chi connectivity index (χ4v) is 5.07. The normalized spacial score (nSPS) is 19.3. The second-order valence-electron chi connectivity index (χ2n) is 9.75. The van der Waals surface area contributed by atoms with Crippen molar-refractivity contribution < 1.29 is 23.1 Å². The van der Waals surface area contributed by atoms with E-state index >= 15 is 0 Å². The Morgan fingerprint density at radius 2 is 1.58 bits per heavy atom. The molecule has 2 N–H and O–H groups in total. The smallest absolute Gasteiger partial charge is 0.258 e. The Morgan fingerprint density at radius 3 is 2.24 bits per heavy atom. The summed E-state index contributed by atoms with van der Waals surface area (Å²) >= 11 is 11.6.